The van der Waals surface area contributed by atoms with E-state index in [-0.39, 0.29) is 25.5 Å². The normalized spacial score (nSPS) is 16.2. The van der Waals surface area contributed by atoms with Crippen molar-refractivity contribution < 1.29 is 19.1 Å². The van der Waals surface area contributed by atoms with E-state index >= 15 is 0 Å². The molecule has 6 nitrogen and oxygen atoms in total. The van der Waals surface area contributed by atoms with Crippen LogP contribution in [0.5, 0.6) is 0 Å². The Balaban J connectivity index is 1.54. The largest absolute Gasteiger partial charge is 0.455 e. The van der Waals surface area contributed by atoms with E-state index in [9.17, 15) is 14.4 Å². The van der Waals surface area contributed by atoms with Gasteiger partial charge in [0.2, 0.25) is 5.91 Å². The average Bonchev–Trinajstić information content (AvgIpc) is 3.09. The Labute approximate surface area is 172 Å². The Bertz CT molecular complexity index is 914. The van der Waals surface area contributed by atoms with Crippen LogP contribution in [-0.4, -0.2) is 30.9 Å². The highest BCUT2D eigenvalue weighted by Gasteiger charge is 2.36. The molecule has 1 saturated heterocycles. The number of rotatable bonds is 5. The van der Waals surface area contributed by atoms with Crippen molar-refractivity contribution in [3.05, 3.63) is 58.1 Å². The molecule has 0 bridgehead atoms. The second-order valence-electron chi connectivity index (χ2n) is 6.74. The second-order valence-corrected chi connectivity index (χ2v) is 7.60. The molecule has 0 saturated carbocycles. The van der Waals surface area contributed by atoms with Gasteiger partial charge in [0, 0.05) is 28.8 Å². The molecule has 2 amide bonds. The van der Waals surface area contributed by atoms with Crippen molar-refractivity contribution in [3.63, 3.8) is 0 Å². The van der Waals surface area contributed by atoms with Crippen LogP contribution < -0.4 is 10.2 Å². The molecular weight excluding hydrogens is 424 g/mol. The van der Waals surface area contributed by atoms with Gasteiger partial charge >= 0.3 is 5.97 Å². The quantitative estimate of drug-likeness (QED) is 0.714. The molecule has 0 radical (unpaired) electrons. The van der Waals surface area contributed by atoms with E-state index in [4.69, 9.17) is 4.74 Å². The van der Waals surface area contributed by atoms with Gasteiger partial charge in [-0.05, 0) is 49.2 Å². The van der Waals surface area contributed by atoms with Crippen LogP contribution in [0, 0.1) is 19.8 Å². The van der Waals surface area contributed by atoms with Gasteiger partial charge in [-0.25, -0.2) is 0 Å². The summed E-state index contributed by atoms with van der Waals surface area (Å²) in [6.45, 7) is 3.73. The molecule has 0 unspecified atom stereocenters. The van der Waals surface area contributed by atoms with E-state index in [1.54, 1.807) is 11.0 Å². The number of nitrogens with one attached hydrogen (secondary N) is 1. The number of benzene rings is 2. The number of ether oxygens (including phenoxy) is 1. The van der Waals surface area contributed by atoms with Crippen LogP contribution in [0.2, 0.25) is 0 Å². The number of halogens is 1. The van der Waals surface area contributed by atoms with Gasteiger partial charge in [0.1, 0.15) is 0 Å². The molecule has 3 rings (SSSR count). The molecule has 0 aliphatic carbocycles. The lowest BCUT2D eigenvalue weighted by Gasteiger charge is -2.16. The van der Waals surface area contributed by atoms with E-state index < -0.39 is 17.8 Å². The third-order valence-corrected chi connectivity index (χ3v) is 5.73. The maximum Gasteiger partial charge on any atom is 0.311 e. The highest BCUT2D eigenvalue weighted by molar-refractivity contribution is 9.10. The average molecular weight is 445 g/mol. The van der Waals surface area contributed by atoms with Crippen LogP contribution in [0.1, 0.15) is 17.5 Å². The summed E-state index contributed by atoms with van der Waals surface area (Å²) in [6.07, 6.45) is 0.0837. The van der Waals surface area contributed by atoms with Gasteiger partial charge in [0.15, 0.2) is 6.61 Å². The summed E-state index contributed by atoms with van der Waals surface area (Å²) < 4.78 is 6.11. The van der Waals surface area contributed by atoms with E-state index in [0.29, 0.717) is 5.69 Å². The summed E-state index contributed by atoms with van der Waals surface area (Å²) in [5, 5.41) is 2.75. The topological polar surface area (TPSA) is 75.7 Å². The van der Waals surface area contributed by atoms with Gasteiger partial charge < -0.3 is 15.0 Å². The van der Waals surface area contributed by atoms with Gasteiger partial charge in [0.25, 0.3) is 5.91 Å². The van der Waals surface area contributed by atoms with Crippen molar-refractivity contribution in [3.8, 4) is 0 Å². The van der Waals surface area contributed by atoms with Crippen molar-refractivity contribution >= 4 is 45.1 Å². The minimum atomic E-state index is -0.572. The molecular formula is C21H21BrN2O4. The SMILES string of the molecule is Cc1c(Br)ccc(NC(=O)COC(=O)[C@H]2CC(=O)N(c3ccccc3)C2)c1C. The van der Waals surface area contributed by atoms with Gasteiger partial charge in [-0.3, -0.25) is 14.4 Å². The van der Waals surface area contributed by atoms with E-state index in [0.717, 1.165) is 21.3 Å². The number of carbonyl (C=O) groups excluding carboxylic acids is 3. The zero-order valence-corrected chi connectivity index (χ0v) is 17.3. The Morgan fingerprint density at radius 3 is 2.57 bits per heavy atom. The molecule has 7 heteroatoms. The monoisotopic (exact) mass is 444 g/mol. The predicted molar refractivity (Wildman–Crippen MR) is 110 cm³/mol. The minimum absolute atomic E-state index is 0.0837. The maximum absolute atomic E-state index is 12.3. The van der Waals surface area contributed by atoms with E-state index in [1.807, 2.05) is 50.2 Å². The third-order valence-electron chi connectivity index (χ3n) is 4.87. The molecule has 1 heterocycles. The van der Waals surface area contributed by atoms with Crippen LogP contribution in [-0.2, 0) is 19.1 Å². The van der Waals surface area contributed by atoms with Crippen LogP contribution in [0.4, 0.5) is 11.4 Å². The molecule has 2 aromatic carbocycles. The predicted octanol–water partition coefficient (Wildman–Crippen LogP) is 3.60. The number of hydrogen-bond acceptors (Lipinski definition) is 4. The summed E-state index contributed by atoms with van der Waals surface area (Å²) in [7, 11) is 0. The highest BCUT2D eigenvalue weighted by Crippen LogP contribution is 2.27. The first-order chi connectivity index (χ1) is 13.4. The van der Waals surface area contributed by atoms with E-state index in [2.05, 4.69) is 21.2 Å². The summed E-state index contributed by atoms with van der Waals surface area (Å²) in [6, 6.07) is 12.8. The smallest absolute Gasteiger partial charge is 0.311 e. The maximum atomic E-state index is 12.3. The molecule has 1 aliphatic rings. The van der Waals surface area contributed by atoms with Crippen LogP contribution >= 0.6 is 15.9 Å². The van der Waals surface area contributed by atoms with Crippen molar-refractivity contribution in [1.82, 2.24) is 0 Å². The zero-order valence-electron chi connectivity index (χ0n) is 15.7. The molecule has 146 valence electrons. The van der Waals surface area contributed by atoms with Crippen molar-refractivity contribution in [2.24, 2.45) is 5.92 Å². The Hall–Kier alpha value is -2.67. The second kappa shape index (κ2) is 8.56. The summed E-state index contributed by atoms with van der Waals surface area (Å²) >= 11 is 3.45. The van der Waals surface area contributed by atoms with Crippen LogP contribution in [0.25, 0.3) is 0 Å². The number of carbonyl (C=O) groups is 3. The van der Waals surface area contributed by atoms with Gasteiger partial charge in [-0.1, -0.05) is 34.1 Å². The first-order valence-corrected chi connectivity index (χ1v) is 9.73. The Morgan fingerprint density at radius 1 is 1.14 bits per heavy atom. The molecule has 1 atom stereocenters. The molecule has 1 fully saturated rings. The Kier molecular flexibility index (Phi) is 6.14. The minimum Gasteiger partial charge on any atom is -0.455 e. The summed E-state index contributed by atoms with van der Waals surface area (Å²) in [5.41, 5.74) is 3.39. The lowest BCUT2D eigenvalue weighted by atomic mass is 10.1. The van der Waals surface area contributed by atoms with Crippen LogP contribution in [0.3, 0.4) is 0 Å². The van der Waals surface area contributed by atoms with E-state index in [1.165, 1.54) is 0 Å². The number of anilines is 2. The molecule has 1 N–H and O–H groups in total. The van der Waals surface area contributed by atoms with Gasteiger partial charge in [-0.2, -0.15) is 0 Å². The number of esters is 1. The summed E-state index contributed by atoms with van der Waals surface area (Å²) in [4.78, 5) is 38.2. The Morgan fingerprint density at radius 2 is 1.86 bits per heavy atom. The first kappa shape index (κ1) is 20.1. The fraction of sp³-hybridized carbons (Fsp3) is 0.286. The number of nitrogens with zero attached hydrogens (tertiary/aromatic N) is 1. The highest BCUT2D eigenvalue weighted by atomic mass is 79.9. The molecule has 0 aromatic heterocycles. The van der Waals surface area contributed by atoms with Gasteiger partial charge in [-0.15, -0.1) is 0 Å². The van der Waals surface area contributed by atoms with Crippen molar-refractivity contribution in [2.75, 3.05) is 23.4 Å². The molecule has 2 aromatic rings. The number of para-hydroxylation sites is 1. The fourth-order valence-electron chi connectivity index (χ4n) is 3.09. The standard InChI is InChI=1S/C21H21BrN2O4/c1-13-14(2)18(9-8-17(13)22)23-19(25)12-28-21(27)15-10-20(26)24(11-15)16-6-4-3-5-7-16/h3-9,15H,10-12H2,1-2H3,(H,23,25)/t15-/m0/s1. The number of amides is 2. The van der Waals surface area contributed by atoms with Gasteiger partial charge in [0.05, 0.1) is 5.92 Å². The fourth-order valence-corrected chi connectivity index (χ4v) is 3.52. The van der Waals surface area contributed by atoms with Crippen LogP contribution in [0.15, 0.2) is 46.9 Å². The van der Waals surface area contributed by atoms with Crippen molar-refractivity contribution in [2.45, 2.75) is 20.3 Å². The first-order valence-electron chi connectivity index (χ1n) is 8.94. The molecule has 1 aliphatic heterocycles. The summed E-state index contributed by atoms with van der Waals surface area (Å²) in [5.74, 6) is -1.65. The number of hydrogen-bond donors (Lipinski definition) is 1. The third kappa shape index (κ3) is 4.42. The molecule has 0 spiro atoms. The lowest BCUT2D eigenvalue weighted by Crippen LogP contribution is -2.28. The van der Waals surface area contributed by atoms with Crippen molar-refractivity contribution in [1.29, 1.82) is 0 Å². The zero-order chi connectivity index (χ0) is 20.3. The lowest BCUT2D eigenvalue weighted by molar-refractivity contribution is -0.151. The molecule has 28 heavy (non-hydrogen) atoms.